The van der Waals surface area contributed by atoms with E-state index in [1.54, 1.807) is 6.08 Å². The number of carbonyl (C=O) groups is 3. The van der Waals surface area contributed by atoms with Gasteiger partial charge in [-0.15, -0.1) is 0 Å². The van der Waals surface area contributed by atoms with E-state index in [4.69, 9.17) is 9.47 Å². The van der Waals surface area contributed by atoms with Crippen molar-refractivity contribution in [3.05, 3.63) is 59.7 Å². The van der Waals surface area contributed by atoms with Gasteiger partial charge >= 0.3 is 6.16 Å². The lowest BCUT2D eigenvalue weighted by molar-refractivity contribution is -0.169. The van der Waals surface area contributed by atoms with Crippen LogP contribution in [-0.2, 0) is 25.7 Å². The highest BCUT2D eigenvalue weighted by atomic mass is 16.7. The summed E-state index contributed by atoms with van der Waals surface area (Å²) in [5, 5.41) is 21.7. The Hall–Kier alpha value is -2.77. The van der Waals surface area contributed by atoms with Crippen LogP contribution in [0.5, 0.6) is 0 Å². The first-order valence-electron chi connectivity index (χ1n) is 12.8. The molecular weight excluding hydrogens is 460 g/mol. The van der Waals surface area contributed by atoms with E-state index >= 15 is 0 Å². The van der Waals surface area contributed by atoms with E-state index in [9.17, 15) is 24.6 Å². The molecule has 192 valence electrons. The van der Waals surface area contributed by atoms with Crippen molar-refractivity contribution in [3.63, 3.8) is 0 Å². The van der Waals surface area contributed by atoms with E-state index in [1.165, 1.54) is 0 Å². The molecule has 5 rings (SSSR count). The van der Waals surface area contributed by atoms with Gasteiger partial charge in [-0.05, 0) is 43.1 Å². The summed E-state index contributed by atoms with van der Waals surface area (Å²) in [6.45, 7) is 3.34. The van der Waals surface area contributed by atoms with Crippen molar-refractivity contribution in [1.29, 1.82) is 0 Å². The molecule has 0 aromatic heterocycles. The molecule has 4 aliphatic rings. The van der Waals surface area contributed by atoms with Crippen LogP contribution < -0.4 is 0 Å². The Morgan fingerprint density at radius 2 is 1.86 bits per heavy atom. The Morgan fingerprint density at radius 3 is 2.61 bits per heavy atom. The molecule has 7 atom stereocenters. The van der Waals surface area contributed by atoms with Crippen LogP contribution in [0.4, 0.5) is 4.79 Å². The molecule has 0 radical (unpaired) electrons. The van der Waals surface area contributed by atoms with Gasteiger partial charge in [0.15, 0.2) is 6.61 Å². The Bertz CT molecular complexity index is 1120. The number of aliphatic hydroxyl groups is 2. The average molecular weight is 495 g/mol. The van der Waals surface area contributed by atoms with Gasteiger partial charge in [-0.3, -0.25) is 9.59 Å². The van der Waals surface area contributed by atoms with Crippen LogP contribution in [0.3, 0.4) is 0 Å². The van der Waals surface area contributed by atoms with Crippen molar-refractivity contribution >= 4 is 17.7 Å². The van der Waals surface area contributed by atoms with Crippen molar-refractivity contribution in [1.82, 2.24) is 0 Å². The maximum atomic E-state index is 13.7. The summed E-state index contributed by atoms with van der Waals surface area (Å²) in [5.74, 6) is -0.737. The van der Waals surface area contributed by atoms with E-state index in [1.807, 2.05) is 49.4 Å². The summed E-state index contributed by atoms with van der Waals surface area (Å²) in [5.41, 5.74) is -1.22. The van der Waals surface area contributed by atoms with Gasteiger partial charge in [-0.25, -0.2) is 4.79 Å². The highest BCUT2D eigenvalue weighted by molar-refractivity contribution is 5.93. The zero-order chi connectivity index (χ0) is 25.7. The number of hydrogen-bond acceptors (Lipinski definition) is 7. The lowest BCUT2D eigenvalue weighted by Crippen LogP contribution is -2.60. The second kappa shape index (κ2) is 8.96. The minimum Gasteiger partial charge on any atom is -0.429 e. The van der Waals surface area contributed by atoms with Crippen LogP contribution >= 0.6 is 0 Å². The number of ketones is 2. The molecule has 36 heavy (non-hydrogen) atoms. The summed E-state index contributed by atoms with van der Waals surface area (Å²) in [6, 6.07) is 9.13. The predicted molar refractivity (Wildman–Crippen MR) is 131 cm³/mol. The molecule has 0 spiro atoms. The van der Waals surface area contributed by atoms with E-state index < -0.39 is 41.1 Å². The smallest absolute Gasteiger partial charge is 0.429 e. The van der Waals surface area contributed by atoms with E-state index in [0.29, 0.717) is 6.42 Å². The molecule has 0 saturated heterocycles. The van der Waals surface area contributed by atoms with Crippen molar-refractivity contribution in [3.8, 4) is 0 Å². The van der Waals surface area contributed by atoms with Gasteiger partial charge in [0.2, 0.25) is 5.78 Å². The molecule has 7 heteroatoms. The van der Waals surface area contributed by atoms with E-state index in [2.05, 4.69) is 6.92 Å². The predicted octanol–water partition coefficient (Wildman–Crippen LogP) is 3.92. The summed E-state index contributed by atoms with van der Waals surface area (Å²) in [6.07, 6.45) is 6.52. The minimum atomic E-state index is -1.74. The fourth-order valence-electron chi connectivity index (χ4n) is 7.61. The van der Waals surface area contributed by atoms with Gasteiger partial charge in [0.05, 0.1) is 6.10 Å². The Kier molecular flexibility index (Phi) is 6.20. The number of fused-ring (bicyclic) bond motifs is 5. The van der Waals surface area contributed by atoms with Gasteiger partial charge in [-0.2, -0.15) is 0 Å². The number of carbonyl (C=O) groups excluding carboxylic acids is 3. The number of aliphatic hydroxyl groups excluding tert-OH is 1. The van der Waals surface area contributed by atoms with Crippen molar-refractivity contribution in [2.24, 2.45) is 28.6 Å². The third kappa shape index (κ3) is 3.84. The summed E-state index contributed by atoms with van der Waals surface area (Å²) in [4.78, 5) is 39.0. The first-order chi connectivity index (χ1) is 17.1. The van der Waals surface area contributed by atoms with Crippen molar-refractivity contribution in [2.45, 2.75) is 64.3 Å². The zero-order valence-electron chi connectivity index (χ0n) is 20.8. The molecule has 0 bridgehead atoms. The molecule has 0 aliphatic heterocycles. The lowest BCUT2D eigenvalue weighted by atomic mass is 9.46. The Balaban J connectivity index is 1.28. The minimum absolute atomic E-state index is 0.00203. The van der Waals surface area contributed by atoms with Crippen LogP contribution in [0.2, 0.25) is 0 Å². The number of Topliss-reactive ketones (excluding diaryl/α,β-unsaturated/α-hetero) is 2. The van der Waals surface area contributed by atoms with Gasteiger partial charge in [0.25, 0.3) is 0 Å². The normalized spacial score (nSPS) is 38.9. The third-order valence-electron chi connectivity index (χ3n) is 9.49. The molecule has 1 unspecified atom stereocenters. The first kappa shape index (κ1) is 24.9. The van der Waals surface area contributed by atoms with Crippen molar-refractivity contribution in [2.75, 3.05) is 6.61 Å². The maximum Gasteiger partial charge on any atom is 0.509 e. The molecular formula is C29H34O7. The molecule has 3 fully saturated rings. The van der Waals surface area contributed by atoms with Crippen LogP contribution in [0.15, 0.2) is 54.1 Å². The summed E-state index contributed by atoms with van der Waals surface area (Å²) >= 11 is 0. The SMILES string of the molecule is C[C@]12C=CC(O)C=C1CC[C@@H]1[C@@H]2C(=O)C[C@@]2(C)[C@H]1CC[C@]2(O)C(=O)COC(=O)OCc1ccccc1. The maximum absolute atomic E-state index is 13.7. The lowest BCUT2D eigenvalue weighted by Gasteiger charge is -2.57. The quantitative estimate of drug-likeness (QED) is 0.472. The molecule has 3 saturated carbocycles. The fourth-order valence-corrected chi connectivity index (χ4v) is 7.61. The summed E-state index contributed by atoms with van der Waals surface area (Å²) in [7, 11) is 0. The third-order valence-corrected chi connectivity index (χ3v) is 9.49. The molecule has 1 aromatic rings. The number of hydrogen-bond donors (Lipinski definition) is 2. The van der Waals surface area contributed by atoms with Gasteiger partial charge < -0.3 is 19.7 Å². The van der Waals surface area contributed by atoms with Crippen LogP contribution in [-0.4, -0.2) is 46.2 Å². The number of ether oxygens (including phenoxy) is 2. The largest absolute Gasteiger partial charge is 0.509 e. The van der Waals surface area contributed by atoms with E-state index in [-0.39, 0.29) is 43.0 Å². The molecule has 1 aromatic carbocycles. The standard InChI is InChI=1S/C29H34O7/c1-27-12-10-20(30)14-19(27)8-9-21-22-11-13-29(34,28(22,2)15-23(31)25(21)27)24(32)17-36-26(33)35-16-18-6-4-3-5-7-18/h3-7,10,12,14,20-22,25,30,34H,8-9,11,13,15-17H2,1-2H3/t20?,21-,22-,25+,27-,28-,29-/m0/s1. The Labute approximate surface area is 211 Å². The van der Waals surface area contributed by atoms with Crippen LogP contribution in [0, 0.1) is 28.6 Å². The highest BCUT2D eigenvalue weighted by Crippen LogP contribution is 2.66. The molecule has 2 N–H and O–H groups in total. The van der Waals surface area contributed by atoms with Crippen LogP contribution in [0.25, 0.3) is 0 Å². The number of allylic oxidation sites excluding steroid dienone is 2. The Morgan fingerprint density at radius 1 is 1.11 bits per heavy atom. The highest BCUT2D eigenvalue weighted by Gasteiger charge is 2.68. The molecule has 0 heterocycles. The van der Waals surface area contributed by atoms with Crippen LogP contribution in [0.1, 0.15) is 51.5 Å². The van der Waals surface area contributed by atoms with Gasteiger partial charge in [0.1, 0.15) is 18.0 Å². The van der Waals surface area contributed by atoms with Crippen molar-refractivity contribution < 1.29 is 34.1 Å². The van der Waals surface area contributed by atoms with Gasteiger partial charge in [0, 0.05) is 23.2 Å². The fraction of sp³-hybridized carbons (Fsp3) is 0.552. The van der Waals surface area contributed by atoms with E-state index in [0.717, 1.165) is 24.0 Å². The first-order valence-corrected chi connectivity index (χ1v) is 12.8. The summed E-state index contributed by atoms with van der Waals surface area (Å²) < 4.78 is 10.1. The zero-order valence-corrected chi connectivity index (χ0v) is 20.8. The van der Waals surface area contributed by atoms with Gasteiger partial charge in [-0.1, -0.05) is 68.0 Å². The number of rotatable bonds is 5. The molecule has 7 nitrogen and oxygen atoms in total. The molecule has 4 aliphatic carbocycles. The topological polar surface area (TPSA) is 110 Å². The number of benzene rings is 1. The second-order valence-electron chi connectivity index (χ2n) is 11.3. The molecule has 0 amide bonds. The second-order valence-corrected chi connectivity index (χ2v) is 11.3. The average Bonchev–Trinajstić information content (AvgIpc) is 3.13. The monoisotopic (exact) mass is 494 g/mol.